The van der Waals surface area contributed by atoms with Crippen LogP contribution in [0.1, 0.15) is 22.7 Å². The highest BCUT2D eigenvalue weighted by Gasteiger charge is 2.48. The van der Waals surface area contributed by atoms with Crippen molar-refractivity contribution >= 4 is 61.6 Å². The number of rotatable bonds is 6. The standard InChI is InChI=1S/C26H16BrF2N3O3S2/c27-17-6-3-5-15(12-17)21-20(22(33)14-8-10-18(28)11-9-14)23(34)24(35)32(21)25-30-31-26(37-25)36-13-16-4-1-2-7-19(16)29/h1-12,21,33H,13H2/b22-20-. The third kappa shape index (κ3) is 5.07. The SMILES string of the molecule is O=C1C(=O)N(c2nnc(SCc3ccccc3F)s2)C(c2cccc(Br)c2)/C1=C(/O)c1ccc(F)cc1. The maximum absolute atomic E-state index is 14.0. The lowest BCUT2D eigenvalue weighted by atomic mass is 9.95. The molecule has 1 unspecified atom stereocenters. The molecule has 4 aromatic rings. The summed E-state index contributed by atoms with van der Waals surface area (Å²) in [4.78, 5) is 27.7. The average Bonchev–Trinajstić information content (AvgIpc) is 3.46. The van der Waals surface area contributed by atoms with Crippen LogP contribution in [0, 0.1) is 11.6 Å². The molecule has 1 N–H and O–H groups in total. The minimum atomic E-state index is -1.00. The summed E-state index contributed by atoms with van der Waals surface area (Å²) in [6.07, 6.45) is 0. The summed E-state index contributed by atoms with van der Waals surface area (Å²) in [7, 11) is 0. The minimum absolute atomic E-state index is 0.148. The summed E-state index contributed by atoms with van der Waals surface area (Å²) in [5, 5.41) is 19.5. The molecule has 1 fully saturated rings. The Bertz CT molecular complexity index is 1540. The average molecular weight is 600 g/mol. The second-order valence-corrected chi connectivity index (χ2v) is 11.1. The number of anilines is 1. The molecule has 186 valence electrons. The van der Waals surface area contributed by atoms with Gasteiger partial charge in [0.05, 0.1) is 11.6 Å². The van der Waals surface area contributed by atoms with Crippen LogP contribution in [0.4, 0.5) is 13.9 Å². The van der Waals surface area contributed by atoms with Crippen molar-refractivity contribution in [1.82, 2.24) is 10.2 Å². The Morgan fingerprint density at radius 2 is 1.78 bits per heavy atom. The van der Waals surface area contributed by atoms with E-state index >= 15 is 0 Å². The molecule has 3 aromatic carbocycles. The Morgan fingerprint density at radius 1 is 1.03 bits per heavy atom. The van der Waals surface area contributed by atoms with Crippen LogP contribution < -0.4 is 4.90 Å². The summed E-state index contributed by atoms with van der Waals surface area (Å²) in [5.74, 6) is -2.74. The molecule has 1 aliphatic heterocycles. The number of benzene rings is 3. The number of aromatic nitrogens is 2. The van der Waals surface area contributed by atoms with E-state index < -0.39 is 29.3 Å². The lowest BCUT2D eigenvalue weighted by Gasteiger charge is -2.22. The van der Waals surface area contributed by atoms with Gasteiger partial charge in [0.15, 0.2) is 4.34 Å². The number of nitrogens with zero attached hydrogens (tertiary/aromatic N) is 3. The number of carbonyl (C=O) groups is 2. The summed E-state index contributed by atoms with van der Waals surface area (Å²) in [5.41, 5.74) is 1.09. The van der Waals surface area contributed by atoms with Crippen molar-refractivity contribution in [3.05, 3.63) is 111 Å². The molecule has 2 heterocycles. The van der Waals surface area contributed by atoms with Crippen molar-refractivity contribution in [3.63, 3.8) is 0 Å². The summed E-state index contributed by atoms with van der Waals surface area (Å²) in [6.45, 7) is 0. The van der Waals surface area contributed by atoms with Crippen LogP contribution in [0.2, 0.25) is 0 Å². The number of hydrogen-bond donors (Lipinski definition) is 1. The normalized spacial score (nSPS) is 16.9. The van der Waals surface area contributed by atoms with Crippen molar-refractivity contribution in [2.24, 2.45) is 0 Å². The van der Waals surface area contributed by atoms with Gasteiger partial charge < -0.3 is 5.11 Å². The molecule has 1 saturated heterocycles. The second-order valence-electron chi connectivity index (χ2n) is 7.96. The summed E-state index contributed by atoms with van der Waals surface area (Å²) >= 11 is 5.74. The maximum atomic E-state index is 14.0. The number of Topliss-reactive ketones (excluding diaryl/α,β-unsaturated/α-hetero) is 1. The van der Waals surface area contributed by atoms with Gasteiger partial charge in [-0.2, -0.15) is 0 Å². The van der Waals surface area contributed by atoms with E-state index in [9.17, 15) is 23.5 Å². The van der Waals surface area contributed by atoms with Gasteiger partial charge in [-0.1, -0.05) is 69.4 Å². The zero-order valence-electron chi connectivity index (χ0n) is 18.8. The van der Waals surface area contributed by atoms with Crippen molar-refractivity contribution in [3.8, 4) is 0 Å². The first-order valence-electron chi connectivity index (χ1n) is 10.9. The van der Waals surface area contributed by atoms with Crippen molar-refractivity contribution < 1.29 is 23.5 Å². The lowest BCUT2D eigenvalue weighted by molar-refractivity contribution is -0.132. The molecule has 1 atom stereocenters. The molecule has 37 heavy (non-hydrogen) atoms. The van der Waals surface area contributed by atoms with E-state index in [4.69, 9.17) is 0 Å². The monoisotopic (exact) mass is 599 g/mol. The van der Waals surface area contributed by atoms with Gasteiger partial charge >= 0.3 is 5.91 Å². The Hall–Kier alpha value is -3.41. The minimum Gasteiger partial charge on any atom is -0.507 e. The van der Waals surface area contributed by atoms with E-state index in [0.717, 1.165) is 23.5 Å². The highest BCUT2D eigenvalue weighted by Crippen LogP contribution is 2.44. The fraction of sp³-hybridized carbons (Fsp3) is 0.0769. The Labute approximate surface area is 226 Å². The number of aliphatic hydroxyl groups excluding tert-OH is 1. The van der Waals surface area contributed by atoms with Gasteiger partial charge in [-0.05, 0) is 53.6 Å². The van der Waals surface area contributed by atoms with E-state index in [1.54, 1.807) is 42.5 Å². The van der Waals surface area contributed by atoms with Crippen LogP contribution >= 0.6 is 39.0 Å². The number of halogens is 3. The molecule has 1 aromatic heterocycles. The Balaban J connectivity index is 1.55. The third-order valence-electron chi connectivity index (χ3n) is 5.64. The van der Waals surface area contributed by atoms with Crippen LogP contribution in [0.25, 0.3) is 5.76 Å². The van der Waals surface area contributed by atoms with Crippen molar-refractivity contribution in [2.45, 2.75) is 16.1 Å². The van der Waals surface area contributed by atoms with Crippen LogP contribution in [0.3, 0.4) is 0 Å². The number of amides is 1. The number of aliphatic hydroxyl groups is 1. The zero-order chi connectivity index (χ0) is 26.1. The fourth-order valence-electron chi connectivity index (χ4n) is 3.90. The zero-order valence-corrected chi connectivity index (χ0v) is 22.0. The van der Waals surface area contributed by atoms with E-state index in [0.29, 0.717) is 25.7 Å². The molecule has 6 nitrogen and oxygen atoms in total. The second kappa shape index (κ2) is 10.5. The molecule has 1 amide bonds. The molecule has 0 radical (unpaired) electrons. The first-order valence-corrected chi connectivity index (χ1v) is 13.4. The molecule has 1 aliphatic rings. The van der Waals surface area contributed by atoms with Gasteiger partial charge in [0.25, 0.3) is 5.78 Å². The topological polar surface area (TPSA) is 83.4 Å². The molecular formula is C26H16BrF2N3O3S2. The number of carbonyl (C=O) groups excluding carboxylic acids is 2. The molecule has 0 saturated carbocycles. The molecule has 0 bridgehead atoms. The molecule has 5 rings (SSSR count). The smallest absolute Gasteiger partial charge is 0.301 e. The molecule has 0 spiro atoms. The summed E-state index contributed by atoms with van der Waals surface area (Å²) < 4.78 is 28.6. The third-order valence-corrected chi connectivity index (χ3v) is 8.24. The van der Waals surface area contributed by atoms with Gasteiger partial charge in [0, 0.05) is 15.8 Å². The van der Waals surface area contributed by atoms with E-state index in [-0.39, 0.29) is 22.1 Å². The quantitative estimate of drug-likeness (QED) is 0.0895. The lowest BCUT2D eigenvalue weighted by Crippen LogP contribution is -2.29. The highest BCUT2D eigenvalue weighted by atomic mass is 79.9. The van der Waals surface area contributed by atoms with E-state index in [2.05, 4.69) is 26.1 Å². The molecule has 0 aliphatic carbocycles. The van der Waals surface area contributed by atoms with Crippen LogP contribution in [-0.4, -0.2) is 27.0 Å². The highest BCUT2D eigenvalue weighted by molar-refractivity contribution is 9.10. The summed E-state index contributed by atoms with van der Waals surface area (Å²) in [6, 6.07) is 17.4. The van der Waals surface area contributed by atoms with Gasteiger partial charge in [0.2, 0.25) is 5.13 Å². The van der Waals surface area contributed by atoms with Gasteiger partial charge in [-0.15, -0.1) is 10.2 Å². The van der Waals surface area contributed by atoms with Gasteiger partial charge in [0.1, 0.15) is 17.4 Å². The number of ketones is 1. The van der Waals surface area contributed by atoms with Crippen molar-refractivity contribution in [1.29, 1.82) is 0 Å². The Kier molecular flexibility index (Phi) is 7.18. The van der Waals surface area contributed by atoms with Crippen LogP contribution in [0.5, 0.6) is 0 Å². The first-order chi connectivity index (χ1) is 17.8. The van der Waals surface area contributed by atoms with Gasteiger partial charge in [-0.3, -0.25) is 14.5 Å². The first kappa shape index (κ1) is 25.2. The van der Waals surface area contributed by atoms with E-state index in [1.807, 2.05) is 0 Å². The predicted octanol–water partition coefficient (Wildman–Crippen LogP) is 6.50. The maximum Gasteiger partial charge on any atom is 0.301 e. The van der Waals surface area contributed by atoms with Crippen LogP contribution in [0.15, 0.2) is 87.2 Å². The fourth-order valence-corrected chi connectivity index (χ4v) is 6.17. The Morgan fingerprint density at radius 3 is 2.51 bits per heavy atom. The van der Waals surface area contributed by atoms with Crippen molar-refractivity contribution in [2.75, 3.05) is 4.90 Å². The molecule has 11 heteroatoms. The largest absolute Gasteiger partial charge is 0.507 e. The van der Waals surface area contributed by atoms with Gasteiger partial charge in [-0.25, -0.2) is 8.78 Å². The molecular weight excluding hydrogens is 584 g/mol. The predicted molar refractivity (Wildman–Crippen MR) is 141 cm³/mol. The van der Waals surface area contributed by atoms with E-state index in [1.165, 1.54) is 34.9 Å². The van der Waals surface area contributed by atoms with Crippen LogP contribution in [-0.2, 0) is 15.3 Å². The number of thioether (sulfide) groups is 1. The number of hydrogen-bond acceptors (Lipinski definition) is 7.